The van der Waals surface area contributed by atoms with Crippen LogP contribution in [0.4, 0.5) is 11.4 Å². The molecule has 158 valence electrons. The van der Waals surface area contributed by atoms with Gasteiger partial charge >= 0.3 is 0 Å². The number of imidazole rings is 1. The van der Waals surface area contributed by atoms with Gasteiger partial charge in [0.05, 0.1) is 10.6 Å². The largest absolute Gasteiger partial charge is 0.309 e. The third kappa shape index (κ3) is 3.49. The number of amides is 1. The molecule has 0 fully saturated rings. The van der Waals surface area contributed by atoms with Gasteiger partial charge in [0.1, 0.15) is 0 Å². The normalized spacial score (nSPS) is 15.9. The van der Waals surface area contributed by atoms with Gasteiger partial charge in [0, 0.05) is 47.7 Å². The standard InChI is InChI=1S/C22H20N4O3S2/c1-14-10-17-12-19(6-7-21(17)26(14)15(2)27)31(28,29)24-18-5-3-4-16(11-18)20-13-25-8-9-30-22(25)23-20/h3-9,11-14,24H,10H2,1-2H3. The summed E-state index contributed by atoms with van der Waals surface area (Å²) in [6.45, 7) is 3.48. The van der Waals surface area contributed by atoms with E-state index < -0.39 is 10.0 Å². The number of carbonyl (C=O) groups excluding carboxylic acids is 1. The van der Waals surface area contributed by atoms with E-state index in [1.54, 1.807) is 52.6 Å². The van der Waals surface area contributed by atoms with E-state index in [4.69, 9.17) is 0 Å². The summed E-state index contributed by atoms with van der Waals surface area (Å²) < 4.78 is 30.7. The summed E-state index contributed by atoms with van der Waals surface area (Å²) in [4.78, 5) is 19.3. The van der Waals surface area contributed by atoms with Gasteiger partial charge in [-0.2, -0.15) is 0 Å². The Morgan fingerprint density at radius 1 is 1.23 bits per heavy atom. The number of sulfonamides is 1. The monoisotopic (exact) mass is 452 g/mol. The number of nitrogens with one attached hydrogen (secondary N) is 1. The van der Waals surface area contributed by atoms with Crippen molar-refractivity contribution < 1.29 is 13.2 Å². The van der Waals surface area contributed by atoms with Gasteiger partial charge in [-0.05, 0) is 49.2 Å². The van der Waals surface area contributed by atoms with Crippen molar-refractivity contribution >= 4 is 43.6 Å². The van der Waals surface area contributed by atoms with Crippen molar-refractivity contribution in [2.45, 2.75) is 31.2 Å². The number of rotatable bonds is 4. The van der Waals surface area contributed by atoms with Crippen LogP contribution in [-0.2, 0) is 21.2 Å². The number of anilines is 2. The maximum atomic E-state index is 13.0. The fraction of sp³-hybridized carbons (Fsp3) is 0.182. The Bertz CT molecular complexity index is 1390. The van der Waals surface area contributed by atoms with Crippen molar-refractivity contribution in [1.29, 1.82) is 0 Å². The number of hydrogen-bond acceptors (Lipinski definition) is 5. The SMILES string of the molecule is CC(=O)N1c2ccc(S(=O)(=O)Nc3cccc(-c4cn5ccsc5n4)c3)cc2CC1C. The predicted molar refractivity (Wildman–Crippen MR) is 122 cm³/mol. The zero-order valence-corrected chi connectivity index (χ0v) is 18.6. The second-order valence-electron chi connectivity index (χ2n) is 7.64. The van der Waals surface area contributed by atoms with Crippen LogP contribution in [-0.4, -0.2) is 29.8 Å². The zero-order valence-electron chi connectivity index (χ0n) is 16.9. The first-order valence-corrected chi connectivity index (χ1v) is 12.2. The number of hydrogen-bond donors (Lipinski definition) is 1. The highest BCUT2D eigenvalue weighted by Gasteiger charge is 2.30. The van der Waals surface area contributed by atoms with Crippen molar-refractivity contribution in [1.82, 2.24) is 9.38 Å². The van der Waals surface area contributed by atoms with Crippen LogP contribution in [0.2, 0.25) is 0 Å². The van der Waals surface area contributed by atoms with Crippen LogP contribution >= 0.6 is 11.3 Å². The molecule has 0 radical (unpaired) electrons. The molecule has 0 aliphatic carbocycles. The molecule has 2 aromatic carbocycles. The maximum Gasteiger partial charge on any atom is 0.261 e. The number of thiazole rings is 1. The van der Waals surface area contributed by atoms with Gasteiger partial charge in [0.2, 0.25) is 5.91 Å². The van der Waals surface area contributed by atoms with E-state index in [0.717, 1.165) is 27.5 Å². The molecule has 0 saturated carbocycles. The number of benzene rings is 2. The van der Waals surface area contributed by atoms with Crippen LogP contribution in [0, 0.1) is 0 Å². The van der Waals surface area contributed by atoms with Crippen LogP contribution in [0.1, 0.15) is 19.4 Å². The van der Waals surface area contributed by atoms with Crippen molar-refractivity contribution in [3.05, 3.63) is 65.8 Å². The fourth-order valence-electron chi connectivity index (χ4n) is 4.08. The van der Waals surface area contributed by atoms with Crippen LogP contribution in [0.3, 0.4) is 0 Å². The first-order chi connectivity index (χ1) is 14.8. The summed E-state index contributed by atoms with van der Waals surface area (Å²) in [7, 11) is -3.78. The summed E-state index contributed by atoms with van der Waals surface area (Å²) >= 11 is 1.54. The second-order valence-corrected chi connectivity index (χ2v) is 10.2. The van der Waals surface area contributed by atoms with E-state index >= 15 is 0 Å². The van der Waals surface area contributed by atoms with Crippen molar-refractivity contribution in [3.8, 4) is 11.3 Å². The van der Waals surface area contributed by atoms with Crippen LogP contribution in [0.5, 0.6) is 0 Å². The Balaban J connectivity index is 1.43. The van der Waals surface area contributed by atoms with E-state index in [-0.39, 0.29) is 16.8 Å². The summed E-state index contributed by atoms with van der Waals surface area (Å²) in [6, 6.07) is 12.1. The average molecular weight is 453 g/mol. The van der Waals surface area contributed by atoms with Gasteiger partial charge in [-0.3, -0.25) is 13.9 Å². The van der Waals surface area contributed by atoms with E-state index in [0.29, 0.717) is 12.1 Å². The molecule has 0 spiro atoms. The molecular weight excluding hydrogens is 432 g/mol. The maximum absolute atomic E-state index is 13.0. The highest BCUT2D eigenvalue weighted by atomic mass is 32.2. The van der Waals surface area contributed by atoms with Crippen LogP contribution in [0.25, 0.3) is 16.2 Å². The smallest absolute Gasteiger partial charge is 0.261 e. The van der Waals surface area contributed by atoms with Gasteiger partial charge in [-0.15, -0.1) is 11.3 Å². The molecule has 31 heavy (non-hydrogen) atoms. The summed E-state index contributed by atoms with van der Waals surface area (Å²) in [6.07, 6.45) is 4.48. The average Bonchev–Trinajstić information content (AvgIpc) is 3.39. The quantitative estimate of drug-likeness (QED) is 0.504. The Morgan fingerprint density at radius 2 is 2.06 bits per heavy atom. The molecule has 1 aliphatic rings. The molecule has 9 heteroatoms. The number of nitrogens with zero attached hydrogens (tertiary/aromatic N) is 3. The fourth-order valence-corrected chi connectivity index (χ4v) is 5.88. The number of aromatic nitrogens is 2. The highest BCUT2D eigenvalue weighted by Crippen LogP contribution is 2.34. The summed E-state index contributed by atoms with van der Waals surface area (Å²) in [5.74, 6) is -0.0454. The van der Waals surface area contributed by atoms with Gasteiger partial charge in [-0.25, -0.2) is 13.4 Å². The second kappa shape index (κ2) is 7.21. The van der Waals surface area contributed by atoms with Crippen molar-refractivity contribution in [3.63, 3.8) is 0 Å². The minimum absolute atomic E-state index is 0.0136. The molecule has 2 aromatic heterocycles. The van der Waals surface area contributed by atoms with Crippen LogP contribution in [0.15, 0.2) is 65.1 Å². The van der Waals surface area contributed by atoms with E-state index in [9.17, 15) is 13.2 Å². The molecular formula is C22H20N4O3S2. The molecule has 1 amide bonds. The molecule has 5 rings (SSSR count). The van der Waals surface area contributed by atoms with Crippen molar-refractivity contribution in [2.75, 3.05) is 9.62 Å². The Hall–Kier alpha value is -3.17. The molecule has 1 unspecified atom stereocenters. The lowest BCUT2D eigenvalue weighted by molar-refractivity contribution is -0.116. The lowest BCUT2D eigenvalue weighted by Gasteiger charge is -2.20. The third-order valence-corrected chi connectivity index (χ3v) is 7.57. The summed E-state index contributed by atoms with van der Waals surface area (Å²) in [5, 5.41) is 1.96. The van der Waals surface area contributed by atoms with E-state index in [1.807, 2.05) is 35.2 Å². The molecule has 1 atom stereocenters. The lowest BCUT2D eigenvalue weighted by Crippen LogP contribution is -2.33. The number of fused-ring (bicyclic) bond motifs is 2. The zero-order chi connectivity index (χ0) is 21.8. The first kappa shape index (κ1) is 19.8. The van der Waals surface area contributed by atoms with Gasteiger partial charge in [-0.1, -0.05) is 12.1 Å². The van der Waals surface area contributed by atoms with Gasteiger partial charge in [0.25, 0.3) is 10.0 Å². The number of carbonyl (C=O) groups is 1. The molecule has 0 bridgehead atoms. The minimum Gasteiger partial charge on any atom is -0.309 e. The van der Waals surface area contributed by atoms with E-state index in [1.165, 1.54) is 6.92 Å². The topological polar surface area (TPSA) is 83.8 Å². The van der Waals surface area contributed by atoms with Crippen molar-refractivity contribution in [2.24, 2.45) is 0 Å². The van der Waals surface area contributed by atoms with E-state index in [2.05, 4.69) is 9.71 Å². The first-order valence-electron chi connectivity index (χ1n) is 9.80. The molecule has 0 saturated heterocycles. The Morgan fingerprint density at radius 3 is 2.84 bits per heavy atom. The molecule has 3 heterocycles. The minimum atomic E-state index is -3.78. The highest BCUT2D eigenvalue weighted by molar-refractivity contribution is 7.92. The Kier molecular flexibility index (Phi) is 4.60. The van der Waals surface area contributed by atoms with Gasteiger partial charge in [0.15, 0.2) is 4.96 Å². The third-order valence-electron chi connectivity index (χ3n) is 5.42. The lowest BCUT2D eigenvalue weighted by atomic mass is 10.1. The predicted octanol–water partition coefficient (Wildman–Crippen LogP) is 4.16. The Labute approximate surface area is 184 Å². The molecule has 1 N–H and O–H groups in total. The molecule has 4 aromatic rings. The van der Waals surface area contributed by atoms with Gasteiger partial charge < -0.3 is 4.90 Å². The molecule has 7 nitrogen and oxygen atoms in total. The summed E-state index contributed by atoms with van der Waals surface area (Å²) in [5.41, 5.74) is 3.71. The van der Waals surface area contributed by atoms with Crippen LogP contribution < -0.4 is 9.62 Å². The molecule has 1 aliphatic heterocycles.